The number of halogens is 1. The zero-order chi connectivity index (χ0) is 25.2. The lowest BCUT2D eigenvalue weighted by Crippen LogP contribution is -2.39. The average molecular weight is 479 g/mol. The van der Waals surface area contributed by atoms with Crippen LogP contribution in [0, 0.1) is 12.7 Å². The van der Waals surface area contributed by atoms with Crippen LogP contribution in [-0.4, -0.2) is 29.0 Å². The van der Waals surface area contributed by atoms with Crippen molar-refractivity contribution in [3.63, 3.8) is 0 Å². The first kappa shape index (κ1) is 23.2. The van der Waals surface area contributed by atoms with Gasteiger partial charge in [-0.1, -0.05) is 72.3 Å². The van der Waals surface area contributed by atoms with Crippen molar-refractivity contribution < 1.29 is 18.8 Å². The lowest BCUT2D eigenvalue weighted by Gasteiger charge is -2.31. The Bertz CT molecular complexity index is 1450. The van der Waals surface area contributed by atoms with Crippen molar-refractivity contribution in [3.8, 4) is 0 Å². The van der Waals surface area contributed by atoms with E-state index < -0.39 is 6.04 Å². The molecule has 178 valence electrons. The molecular formula is C30H23FN2O3. The van der Waals surface area contributed by atoms with E-state index in [-0.39, 0.29) is 30.0 Å². The molecule has 1 N–H and O–H groups in total. The fourth-order valence-electron chi connectivity index (χ4n) is 4.51. The maximum absolute atomic E-state index is 13.8. The molecule has 0 aromatic heterocycles. The van der Waals surface area contributed by atoms with Gasteiger partial charge in [-0.25, -0.2) is 4.39 Å². The number of amides is 2. The van der Waals surface area contributed by atoms with E-state index in [4.69, 9.17) is 0 Å². The van der Waals surface area contributed by atoms with E-state index in [1.54, 1.807) is 60.7 Å². The van der Waals surface area contributed by atoms with Gasteiger partial charge in [-0.2, -0.15) is 0 Å². The van der Waals surface area contributed by atoms with Gasteiger partial charge in [-0.15, -0.1) is 0 Å². The molecule has 1 aliphatic heterocycles. The van der Waals surface area contributed by atoms with Gasteiger partial charge in [0, 0.05) is 27.9 Å². The standard InChI is InChI=1S/C30H23FN2O3/c1-19-7-16-26-25(17-19)28(20-12-14-24(31)15-13-20)33(18-27(34)32-26)30(36)23-10-8-22(9-11-23)29(35)21-5-3-2-4-6-21/h2-17,28H,18H2,1H3,(H,32,34)/t28-/m0/s1. The Morgan fingerprint density at radius 2 is 1.47 bits per heavy atom. The van der Waals surface area contributed by atoms with E-state index >= 15 is 0 Å². The minimum Gasteiger partial charge on any atom is -0.324 e. The highest BCUT2D eigenvalue weighted by Crippen LogP contribution is 2.37. The van der Waals surface area contributed by atoms with Crippen molar-refractivity contribution in [2.45, 2.75) is 13.0 Å². The Balaban J connectivity index is 1.54. The van der Waals surface area contributed by atoms with E-state index in [1.165, 1.54) is 17.0 Å². The zero-order valence-corrected chi connectivity index (χ0v) is 19.6. The van der Waals surface area contributed by atoms with Crippen LogP contribution in [-0.2, 0) is 4.79 Å². The summed E-state index contributed by atoms with van der Waals surface area (Å²) in [4.78, 5) is 40.8. The topological polar surface area (TPSA) is 66.5 Å². The largest absolute Gasteiger partial charge is 0.324 e. The first-order chi connectivity index (χ1) is 17.4. The van der Waals surface area contributed by atoms with Gasteiger partial charge < -0.3 is 10.2 Å². The summed E-state index contributed by atoms with van der Waals surface area (Å²) in [6.45, 7) is 1.75. The van der Waals surface area contributed by atoms with E-state index in [2.05, 4.69) is 5.32 Å². The molecule has 0 saturated carbocycles. The molecule has 0 radical (unpaired) electrons. The summed E-state index contributed by atoms with van der Waals surface area (Å²) in [6.07, 6.45) is 0. The Morgan fingerprint density at radius 1 is 0.833 bits per heavy atom. The van der Waals surface area contributed by atoms with E-state index in [0.717, 1.165) is 11.1 Å². The molecule has 0 fully saturated rings. The van der Waals surface area contributed by atoms with Gasteiger partial charge in [0.1, 0.15) is 12.4 Å². The Labute approximate surface area is 208 Å². The molecule has 1 heterocycles. The molecule has 5 rings (SSSR count). The highest BCUT2D eigenvalue weighted by molar-refractivity contribution is 6.09. The lowest BCUT2D eigenvalue weighted by atomic mass is 9.94. The van der Waals surface area contributed by atoms with Gasteiger partial charge in [0.2, 0.25) is 5.91 Å². The maximum Gasteiger partial charge on any atom is 0.255 e. The molecule has 4 aromatic carbocycles. The Kier molecular flexibility index (Phi) is 6.17. The van der Waals surface area contributed by atoms with Gasteiger partial charge in [-0.3, -0.25) is 14.4 Å². The molecule has 2 amide bonds. The quantitative estimate of drug-likeness (QED) is 0.391. The minimum absolute atomic E-state index is 0.141. The minimum atomic E-state index is -0.613. The van der Waals surface area contributed by atoms with Crippen LogP contribution in [0.2, 0.25) is 0 Å². The number of nitrogens with one attached hydrogen (secondary N) is 1. The van der Waals surface area contributed by atoms with E-state index in [1.807, 2.05) is 31.2 Å². The first-order valence-corrected chi connectivity index (χ1v) is 11.6. The third-order valence-electron chi connectivity index (χ3n) is 6.28. The number of fused-ring (bicyclic) bond motifs is 1. The molecule has 0 saturated heterocycles. The summed E-state index contributed by atoms with van der Waals surface area (Å²) in [5, 5.41) is 2.89. The SMILES string of the molecule is Cc1ccc2c(c1)[C@H](c1ccc(F)cc1)N(C(=O)c1ccc(C(=O)c3ccccc3)cc1)CC(=O)N2. The van der Waals surface area contributed by atoms with Crippen LogP contribution >= 0.6 is 0 Å². The van der Waals surface area contributed by atoms with Gasteiger partial charge in [0.15, 0.2) is 5.78 Å². The second kappa shape index (κ2) is 9.58. The average Bonchev–Trinajstić information content (AvgIpc) is 3.04. The van der Waals surface area contributed by atoms with Crippen molar-refractivity contribution in [2.24, 2.45) is 0 Å². The predicted octanol–water partition coefficient (Wildman–Crippen LogP) is 5.55. The zero-order valence-electron chi connectivity index (χ0n) is 19.6. The third kappa shape index (κ3) is 4.53. The van der Waals surface area contributed by atoms with Crippen molar-refractivity contribution in [3.05, 3.63) is 136 Å². The molecule has 0 unspecified atom stereocenters. The van der Waals surface area contributed by atoms with Gasteiger partial charge in [-0.05, 0) is 42.8 Å². The summed E-state index contributed by atoms with van der Waals surface area (Å²) in [6, 6.07) is 26.3. The molecule has 0 aliphatic carbocycles. The second-order valence-electron chi connectivity index (χ2n) is 8.80. The summed E-state index contributed by atoms with van der Waals surface area (Å²) in [5.74, 6) is -1.22. The number of carbonyl (C=O) groups is 3. The monoisotopic (exact) mass is 478 g/mol. The molecular weight excluding hydrogens is 455 g/mol. The summed E-state index contributed by atoms with van der Waals surface area (Å²) in [5.41, 5.74) is 4.37. The van der Waals surface area contributed by atoms with E-state index in [9.17, 15) is 18.8 Å². The van der Waals surface area contributed by atoms with Crippen LogP contribution in [0.15, 0.2) is 97.1 Å². The van der Waals surface area contributed by atoms with E-state index in [0.29, 0.717) is 27.9 Å². The highest BCUT2D eigenvalue weighted by Gasteiger charge is 2.34. The normalized spacial score (nSPS) is 15.0. The number of hydrogen-bond donors (Lipinski definition) is 1. The highest BCUT2D eigenvalue weighted by atomic mass is 19.1. The molecule has 1 atom stereocenters. The van der Waals surface area contributed by atoms with Crippen LogP contribution in [0.1, 0.15) is 49.0 Å². The molecule has 1 aliphatic rings. The number of anilines is 1. The van der Waals surface area contributed by atoms with Crippen molar-refractivity contribution >= 4 is 23.3 Å². The van der Waals surface area contributed by atoms with Crippen LogP contribution in [0.25, 0.3) is 0 Å². The van der Waals surface area contributed by atoms with Crippen LogP contribution in [0.4, 0.5) is 10.1 Å². The van der Waals surface area contributed by atoms with Crippen LogP contribution in [0.5, 0.6) is 0 Å². The predicted molar refractivity (Wildman–Crippen MR) is 135 cm³/mol. The number of nitrogens with zero attached hydrogens (tertiary/aromatic N) is 1. The number of hydrogen-bond acceptors (Lipinski definition) is 3. The number of ketones is 1. The number of benzene rings is 4. The maximum atomic E-state index is 13.8. The fourth-order valence-corrected chi connectivity index (χ4v) is 4.51. The Morgan fingerprint density at radius 3 is 2.17 bits per heavy atom. The number of carbonyl (C=O) groups excluding carboxylic acids is 3. The van der Waals surface area contributed by atoms with Crippen LogP contribution in [0.3, 0.4) is 0 Å². The molecule has 36 heavy (non-hydrogen) atoms. The van der Waals surface area contributed by atoms with Crippen LogP contribution < -0.4 is 5.32 Å². The smallest absolute Gasteiger partial charge is 0.255 e. The lowest BCUT2D eigenvalue weighted by molar-refractivity contribution is -0.117. The molecule has 0 bridgehead atoms. The molecule has 5 nitrogen and oxygen atoms in total. The third-order valence-corrected chi connectivity index (χ3v) is 6.28. The second-order valence-corrected chi connectivity index (χ2v) is 8.80. The number of rotatable bonds is 4. The Hall–Kier alpha value is -4.58. The van der Waals surface area contributed by atoms with Gasteiger partial charge in [0.25, 0.3) is 5.91 Å². The van der Waals surface area contributed by atoms with Gasteiger partial charge >= 0.3 is 0 Å². The molecule has 4 aromatic rings. The summed E-state index contributed by atoms with van der Waals surface area (Å²) in [7, 11) is 0. The first-order valence-electron chi connectivity index (χ1n) is 11.6. The van der Waals surface area contributed by atoms with Crippen molar-refractivity contribution in [1.29, 1.82) is 0 Å². The molecule has 0 spiro atoms. The van der Waals surface area contributed by atoms with Crippen molar-refractivity contribution in [1.82, 2.24) is 4.90 Å². The van der Waals surface area contributed by atoms with Gasteiger partial charge in [0.05, 0.1) is 6.04 Å². The van der Waals surface area contributed by atoms with Crippen molar-refractivity contribution in [2.75, 3.05) is 11.9 Å². The summed E-state index contributed by atoms with van der Waals surface area (Å²) < 4.78 is 13.7. The summed E-state index contributed by atoms with van der Waals surface area (Å²) >= 11 is 0. The fraction of sp³-hybridized carbons (Fsp3) is 0.100. The number of aryl methyl sites for hydroxylation is 1. The molecule has 6 heteroatoms.